The Labute approximate surface area is 431 Å². The zero-order chi connectivity index (χ0) is 48.7. The van der Waals surface area contributed by atoms with Crippen LogP contribution in [0.4, 0.5) is 0 Å². The average Bonchev–Trinajstić information content (AvgIpc) is 4.09. The minimum atomic E-state index is -0.591. The van der Waals surface area contributed by atoms with Gasteiger partial charge in [0.05, 0.1) is 5.41 Å². The molecule has 11 aromatic carbocycles. The van der Waals surface area contributed by atoms with E-state index in [1.807, 2.05) is 11.3 Å². The van der Waals surface area contributed by atoms with Gasteiger partial charge in [-0.05, 0) is 130 Å². The molecule has 12 aromatic rings. The van der Waals surface area contributed by atoms with Crippen molar-refractivity contribution < 1.29 is 0 Å². The van der Waals surface area contributed by atoms with E-state index in [-0.39, 0.29) is 5.41 Å². The van der Waals surface area contributed by atoms with Gasteiger partial charge in [-0.2, -0.15) is 0 Å². The summed E-state index contributed by atoms with van der Waals surface area (Å²) in [7, 11) is 0. The predicted molar refractivity (Wildman–Crippen MR) is 311 cm³/mol. The van der Waals surface area contributed by atoms with Crippen LogP contribution in [0.3, 0.4) is 0 Å². The molecular weight excluding hydrogens is 897 g/mol. The summed E-state index contributed by atoms with van der Waals surface area (Å²) in [5, 5.41) is 5.09. The normalized spacial score (nSPS) is 14.3. The molecule has 0 N–H and O–H groups in total. The highest BCUT2D eigenvalue weighted by Crippen LogP contribution is 2.59. The lowest BCUT2D eigenvalue weighted by Gasteiger charge is -2.34. The van der Waals surface area contributed by atoms with Crippen molar-refractivity contribution >= 4 is 65.6 Å². The summed E-state index contributed by atoms with van der Waals surface area (Å²) < 4.78 is 2.58. The van der Waals surface area contributed by atoms with Crippen LogP contribution in [0.1, 0.15) is 80.6 Å². The van der Waals surface area contributed by atoms with Crippen molar-refractivity contribution in [1.82, 2.24) is 0 Å². The Hall–Kier alpha value is -8.62. The van der Waals surface area contributed by atoms with Crippen LogP contribution >= 0.6 is 11.3 Å². The van der Waals surface area contributed by atoms with Gasteiger partial charge in [0.1, 0.15) is 0 Å². The van der Waals surface area contributed by atoms with Crippen molar-refractivity contribution in [2.24, 2.45) is 0 Å². The molecule has 0 saturated heterocycles. The maximum Gasteiger partial charge on any atom is 0.0714 e. The van der Waals surface area contributed by atoms with Crippen LogP contribution in [0.25, 0.3) is 76.5 Å². The smallest absolute Gasteiger partial charge is 0.0714 e. The van der Waals surface area contributed by atoms with E-state index in [4.69, 9.17) is 0 Å². The zero-order valence-corrected chi connectivity index (χ0v) is 41.6. The summed E-state index contributed by atoms with van der Waals surface area (Å²) in [4.78, 5) is 0. The second-order valence-electron chi connectivity index (χ2n) is 20.2. The van der Waals surface area contributed by atoms with E-state index in [1.165, 1.54) is 131 Å². The van der Waals surface area contributed by atoms with Crippen LogP contribution in [0.5, 0.6) is 0 Å². The lowest BCUT2D eigenvalue weighted by Crippen LogP contribution is -2.28. The fourth-order valence-electron chi connectivity index (χ4n) is 12.8. The number of hydrogen-bond acceptors (Lipinski definition) is 1. The van der Waals surface area contributed by atoms with E-state index in [0.717, 1.165) is 0 Å². The van der Waals surface area contributed by atoms with Crippen molar-refractivity contribution in [1.29, 1.82) is 0 Å². The Morgan fingerprint density at radius 3 is 1.82 bits per heavy atom. The second kappa shape index (κ2) is 17.0. The zero-order valence-electron chi connectivity index (χ0n) is 40.8. The minimum absolute atomic E-state index is 0.258. The SMILES string of the molecule is CC1(C)c2ccccc2-c2cccc(/C(=C\c3ccc4c(sc5ccccc54)c3/C(=C\c3ccccc3)c3ccccc3)c3ccc4c(c3)C(c3ccccc3)(c3ccccc3)c3ccc5ccccc5c3-4)c21. The van der Waals surface area contributed by atoms with E-state index in [0.29, 0.717) is 0 Å². The maximum atomic E-state index is 2.57. The number of benzene rings is 11. The Balaban J connectivity index is 1.12. The van der Waals surface area contributed by atoms with Crippen molar-refractivity contribution in [2.75, 3.05) is 0 Å². The van der Waals surface area contributed by atoms with Crippen LogP contribution in [-0.4, -0.2) is 0 Å². The molecule has 0 spiro atoms. The standard InChI is InChI=1S/C72H50S/c1-71(2)63-36-19-17-32-55(63)57-34-21-35-58(69(57)71)61(45-51-39-41-59-56-33-18-20-37-66(56)73-70(59)67(51)62(48-24-9-4-10-25-48)44-47-22-7-3-8-23-47)50-38-42-60-65(46-50)72(52-27-11-5-12-28-52,53-29-13-6-14-30-53)64-43-40-49-26-15-16-31-54(49)68(60)64/h3-46H,1-2H3/b61-45-,62-44-. The van der Waals surface area contributed by atoms with Gasteiger partial charge in [-0.15, -0.1) is 11.3 Å². The molecule has 0 atom stereocenters. The highest BCUT2D eigenvalue weighted by molar-refractivity contribution is 7.26. The molecule has 2 aliphatic rings. The molecule has 0 bridgehead atoms. The first-order chi connectivity index (χ1) is 36.0. The van der Waals surface area contributed by atoms with Crippen molar-refractivity contribution in [3.05, 3.63) is 322 Å². The fraction of sp³-hybridized carbons (Fsp3) is 0.0556. The molecule has 0 aliphatic heterocycles. The quantitative estimate of drug-likeness (QED) is 0.133. The summed E-state index contributed by atoms with van der Waals surface area (Å²) in [6.07, 6.45) is 4.94. The third kappa shape index (κ3) is 6.66. The van der Waals surface area contributed by atoms with Gasteiger partial charge in [0.2, 0.25) is 0 Å². The molecule has 1 heteroatoms. The number of fused-ring (bicyclic) bond motifs is 11. The van der Waals surface area contributed by atoms with E-state index in [9.17, 15) is 0 Å². The highest BCUT2D eigenvalue weighted by Gasteiger charge is 2.47. The largest absolute Gasteiger partial charge is 0.135 e. The fourth-order valence-corrected chi connectivity index (χ4v) is 14.1. The monoisotopic (exact) mass is 946 g/mol. The first kappa shape index (κ1) is 43.2. The van der Waals surface area contributed by atoms with Crippen molar-refractivity contribution in [2.45, 2.75) is 24.7 Å². The first-order valence-corrected chi connectivity index (χ1v) is 26.3. The third-order valence-electron chi connectivity index (χ3n) is 16.0. The Morgan fingerprint density at radius 2 is 1.05 bits per heavy atom. The van der Waals surface area contributed by atoms with Gasteiger partial charge in [0.15, 0.2) is 0 Å². The van der Waals surface area contributed by atoms with Crippen LogP contribution < -0.4 is 0 Å². The summed E-state index contributed by atoms with van der Waals surface area (Å²) in [6, 6.07) is 95.2. The summed E-state index contributed by atoms with van der Waals surface area (Å²) in [5.74, 6) is 0. The Morgan fingerprint density at radius 1 is 0.411 bits per heavy atom. The second-order valence-corrected chi connectivity index (χ2v) is 21.3. The molecule has 73 heavy (non-hydrogen) atoms. The van der Waals surface area contributed by atoms with Gasteiger partial charge >= 0.3 is 0 Å². The van der Waals surface area contributed by atoms with Crippen LogP contribution in [0.15, 0.2) is 255 Å². The van der Waals surface area contributed by atoms with E-state index in [2.05, 4.69) is 281 Å². The van der Waals surface area contributed by atoms with Gasteiger partial charge in [-0.1, -0.05) is 257 Å². The molecule has 2 aliphatic carbocycles. The summed E-state index contributed by atoms with van der Waals surface area (Å²) in [5.41, 5.74) is 21.8. The predicted octanol–water partition coefficient (Wildman–Crippen LogP) is 19.1. The number of hydrogen-bond donors (Lipinski definition) is 0. The van der Waals surface area contributed by atoms with Gasteiger partial charge in [-0.3, -0.25) is 0 Å². The summed E-state index contributed by atoms with van der Waals surface area (Å²) in [6.45, 7) is 4.84. The molecule has 0 amide bonds. The lowest BCUT2D eigenvalue weighted by atomic mass is 9.67. The van der Waals surface area contributed by atoms with Gasteiger partial charge in [0, 0.05) is 31.2 Å². The molecule has 0 fully saturated rings. The molecule has 14 rings (SSSR count). The van der Waals surface area contributed by atoms with Crippen LogP contribution in [0.2, 0.25) is 0 Å². The van der Waals surface area contributed by atoms with Gasteiger partial charge in [-0.25, -0.2) is 0 Å². The highest BCUT2D eigenvalue weighted by atomic mass is 32.1. The minimum Gasteiger partial charge on any atom is -0.135 e. The molecule has 0 radical (unpaired) electrons. The Kier molecular flexibility index (Phi) is 10.1. The van der Waals surface area contributed by atoms with Crippen LogP contribution in [0, 0.1) is 0 Å². The lowest BCUT2D eigenvalue weighted by molar-refractivity contribution is 0.658. The average molecular weight is 947 g/mol. The van der Waals surface area contributed by atoms with Crippen molar-refractivity contribution in [3.8, 4) is 22.3 Å². The van der Waals surface area contributed by atoms with E-state index < -0.39 is 5.41 Å². The molecule has 1 heterocycles. The molecule has 0 saturated carbocycles. The van der Waals surface area contributed by atoms with Gasteiger partial charge < -0.3 is 0 Å². The topological polar surface area (TPSA) is 0 Å². The molecule has 344 valence electrons. The number of rotatable bonds is 8. The molecule has 0 nitrogen and oxygen atoms in total. The maximum absolute atomic E-state index is 2.57. The van der Waals surface area contributed by atoms with Gasteiger partial charge in [0.25, 0.3) is 0 Å². The molecule has 1 aromatic heterocycles. The molecule has 0 unspecified atom stereocenters. The summed E-state index contributed by atoms with van der Waals surface area (Å²) >= 11 is 1.90. The van der Waals surface area contributed by atoms with Crippen LogP contribution in [-0.2, 0) is 10.8 Å². The Bertz CT molecular complexity index is 4150. The van der Waals surface area contributed by atoms with E-state index >= 15 is 0 Å². The first-order valence-electron chi connectivity index (χ1n) is 25.5. The third-order valence-corrected chi connectivity index (χ3v) is 17.2. The van der Waals surface area contributed by atoms with Crippen molar-refractivity contribution in [3.63, 3.8) is 0 Å². The number of thiophene rings is 1. The van der Waals surface area contributed by atoms with E-state index in [1.54, 1.807) is 0 Å². The molecular formula is C72H50S.